The van der Waals surface area contributed by atoms with Crippen molar-refractivity contribution in [1.29, 1.82) is 0 Å². The molecule has 0 saturated heterocycles. The van der Waals surface area contributed by atoms with Crippen molar-refractivity contribution < 1.29 is 47.6 Å². The second-order valence-electron chi connectivity index (χ2n) is 8.66. The number of unbranched alkanes of at least 4 members (excludes halogenated alkanes) is 15. The molecule has 0 bridgehead atoms. The molecule has 0 aliphatic rings. The van der Waals surface area contributed by atoms with E-state index in [4.69, 9.17) is 4.55 Å². The third-order valence-corrected chi connectivity index (χ3v) is 6.31. The maximum atomic E-state index is 11.6. The van der Waals surface area contributed by atoms with E-state index < -0.39 is 10.1 Å². The Morgan fingerprint density at radius 2 is 1.19 bits per heavy atom. The summed E-state index contributed by atoms with van der Waals surface area (Å²) in [6, 6.07) is 0. The predicted molar refractivity (Wildman–Crippen MR) is 131 cm³/mol. The van der Waals surface area contributed by atoms with Crippen LogP contribution in [-0.2, 0) is 10.1 Å². The zero-order chi connectivity index (χ0) is 23.0. The molecule has 0 unspecified atom stereocenters. The molecule has 0 radical (unpaired) electrons. The maximum Gasteiger partial charge on any atom is 1.00 e. The molecule has 184 valence electrons. The molecule has 0 aromatic carbocycles. The van der Waals surface area contributed by atoms with E-state index in [1.807, 2.05) is 0 Å². The van der Waals surface area contributed by atoms with Gasteiger partial charge >= 0.3 is 29.6 Å². The van der Waals surface area contributed by atoms with Crippen LogP contribution in [0.25, 0.3) is 0 Å². The summed E-state index contributed by atoms with van der Waals surface area (Å²) >= 11 is 0. The summed E-state index contributed by atoms with van der Waals surface area (Å²) in [4.78, 5) is 3.82. The quantitative estimate of drug-likeness (QED) is 0.0603. The predicted octanol–water partition coefficient (Wildman–Crippen LogP) is 3.63. The minimum atomic E-state index is -3.94. The fourth-order valence-electron chi connectivity index (χ4n) is 3.58. The van der Waals surface area contributed by atoms with Gasteiger partial charge in [-0.1, -0.05) is 96.1 Å². The Bertz CT molecular complexity index is 550. The second-order valence-corrected chi connectivity index (χ2v) is 10.2. The first-order valence-corrected chi connectivity index (χ1v) is 14.4. The molecule has 0 spiro atoms. The van der Waals surface area contributed by atoms with Gasteiger partial charge in [-0.15, -0.1) is 0 Å². The van der Waals surface area contributed by atoms with Crippen LogP contribution in [0.2, 0.25) is 0 Å². The zero-order valence-corrected chi connectivity index (χ0v) is 23.8. The summed E-state index contributed by atoms with van der Waals surface area (Å²) in [6.45, 7) is 2.44. The van der Waals surface area contributed by atoms with Crippen LogP contribution in [0.1, 0.15) is 129 Å². The maximum absolute atomic E-state index is 11.6. The van der Waals surface area contributed by atoms with Crippen molar-refractivity contribution in [1.82, 2.24) is 0 Å². The van der Waals surface area contributed by atoms with Crippen molar-refractivity contribution >= 4 is 16.0 Å². The van der Waals surface area contributed by atoms with Gasteiger partial charge in [0.15, 0.2) is 0 Å². The Labute approximate surface area is 221 Å². The third-order valence-electron chi connectivity index (χ3n) is 5.50. The Kier molecular flexibility index (Phi) is 27.6. The van der Waals surface area contributed by atoms with Gasteiger partial charge in [0.1, 0.15) is 0 Å². The molecule has 0 saturated carbocycles. The normalized spacial score (nSPS) is 12.4. The first-order chi connectivity index (χ1) is 15.0. The number of rotatable bonds is 23. The minimum absolute atomic E-state index is 0. The van der Waals surface area contributed by atoms with E-state index in [-0.39, 0.29) is 54.2 Å². The van der Waals surface area contributed by atoms with E-state index in [0.717, 1.165) is 19.3 Å². The van der Waals surface area contributed by atoms with E-state index >= 15 is 0 Å². The molecule has 0 aliphatic heterocycles. The van der Waals surface area contributed by atoms with Crippen molar-refractivity contribution in [2.75, 3.05) is 12.3 Å². The smallest absolute Gasteiger partial charge is 0.862 e. The number of nitrogens with zero attached hydrogens (tertiary/aromatic N) is 1. The number of hydrogen-bond acceptors (Lipinski definition) is 4. The van der Waals surface area contributed by atoms with Gasteiger partial charge in [0.05, 0.1) is 5.75 Å². The summed E-state index contributed by atoms with van der Waals surface area (Å²) in [5.41, 5.74) is 0. The van der Waals surface area contributed by atoms with Crippen LogP contribution >= 0.6 is 0 Å². The van der Waals surface area contributed by atoms with Gasteiger partial charge in [-0.05, 0) is 50.8 Å². The summed E-state index contributed by atoms with van der Waals surface area (Å²) in [7, 11) is -3.94. The van der Waals surface area contributed by atoms with Gasteiger partial charge in [0.25, 0.3) is 10.1 Å². The molecular formula is C25H48NNaO4S. The average Bonchev–Trinajstić information content (AvgIpc) is 2.72. The Morgan fingerprint density at radius 1 is 0.750 bits per heavy atom. The van der Waals surface area contributed by atoms with E-state index in [1.165, 1.54) is 89.9 Å². The van der Waals surface area contributed by atoms with Crippen LogP contribution in [-0.4, -0.2) is 31.2 Å². The minimum Gasteiger partial charge on any atom is -0.862 e. The fraction of sp³-hybridized carbons (Fsp3) is 0.880. The van der Waals surface area contributed by atoms with Crippen LogP contribution in [0.5, 0.6) is 0 Å². The summed E-state index contributed by atoms with van der Waals surface area (Å²) in [6.07, 6.45) is 27.0. The van der Waals surface area contributed by atoms with E-state index in [0.29, 0.717) is 6.42 Å². The zero-order valence-electron chi connectivity index (χ0n) is 21.0. The second kappa shape index (κ2) is 25.7. The summed E-state index contributed by atoms with van der Waals surface area (Å²) < 4.78 is 29.7. The van der Waals surface area contributed by atoms with Crippen molar-refractivity contribution in [2.24, 2.45) is 4.99 Å². The SMILES string of the molecule is CCCCCCCC/C=C/CCCCCCCCCCCC([O-])=NCCCS(=O)(=O)O.[Na+]. The Balaban J connectivity index is 0. The monoisotopic (exact) mass is 481 g/mol. The van der Waals surface area contributed by atoms with E-state index in [1.54, 1.807) is 0 Å². The first kappa shape index (κ1) is 34.3. The van der Waals surface area contributed by atoms with Gasteiger partial charge in [0.2, 0.25) is 0 Å². The molecule has 1 N–H and O–H groups in total. The molecule has 0 amide bonds. The molecule has 0 aliphatic carbocycles. The molecule has 7 heteroatoms. The summed E-state index contributed by atoms with van der Waals surface area (Å²) in [5.74, 6) is -0.490. The molecule has 0 atom stereocenters. The molecular weight excluding hydrogens is 433 g/mol. The number of aliphatic imine (C=N–C) groups is 1. The van der Waals surface area contributed by atoms with Gasteiger partial charge in [-0.2, -0.15) is 8.42 Å². The Morgan fingerprint density at radius 3 is 1.66 bits per heavy atom. The third kappa shape index (κ3) is 30.1. The van der Waals surface area contributed by atoms with Crippen molar-refractivity contribution in [3.8, 4) is 0 Å². The standard InChI is InChI=1S/C25H49NO4S.Na/c1-2-3-4-5-6-7-8-9-10-11-12-13-14-15-16-17-18-19-20-22-25(27)26-23-21-24-31(28,29)30;/h9-10H,2-8,11-24H2,1H3,(H,26,27)(H,28,29,30);/q;+1/p-1/b10-9+;. The molecule has 32 heavy (non-hydrogen) atoms. The number of hydrogen-bond donors (Lipinski definition) is 1. The van der Waals surface area contributed by atoms with Crippen LogP contribution in [0.3, 0.4) is 0 Å². The first-order valence-electron chi connectivity index (χ1n) is 12.8. The molecule has 0 aromatic heterocycles. The summed E-state index contributed by atoms with van der Waals surface area (Å²) in [5, 5.41) is 11.6. The average molecular weight is 482 g/mol. The van der Waals surface area contributed by atoms with Crippen LogP contribution < -0.4 is 34.7 Å². The molecule has 0 aromatic rings. The van der Waals surface area contributed by atoms with Crippen molar-refractivity contribution in [3.05, 3.63) is 12.2 Å². The van der Waals surface area contributed by atoms with Crippen LogP contribution in [0, 0.1) is 0 Å². The van der Waals surface area contributed by atoms with Crippen molar-refractivity contribution in [2.45, 2.75) is 129 Å². The topological polar surface area (TPSA) is 89.8 Å². The molecule has 0 rings (SSSR count). The number of allylic oxidation sites excluding steroid dienone is 2. The Hall–Kier alpha value is 0.120. The fourth-order valence-corrected chi connectivity index (χ4v) is 4.08. The van der Waals surface area contributed by atoms with E-state index in [9.17, 15) is 13.5 Å². The van der Waals surface area contributed by atoms with Gasteiger partial charge in [-0.3, -0.25) is 4.55 Å². The van der Waals surface area contributed by atoms with Crippen molar-refractivity contribution in [3.63, 3.8) is 0 Å². The largest absolute Gasteiger partial charge is 1.00 e. The van der Waals surface area contributed by atoms with Gasteiger partial charge in [0, 0.05) is 6.54 Å². The van der Waals surface area contributed by atoms with Gasteiger partial charge < -0.3 is 10.1 Å². The van der Waals surface area contributed by atoms with Crippen LogP contribution in [0.4, 0.5) is 0 Å². The molecule has 0 fully saturated rings. The van der Waals surface area contributed by atoms with Gasteiger partial charge in [-0.25, -0.2) is 0 Å². The van der Waals surface area contributed by atoms with E-state index in [2.05, 4.69) is 24.1 Å². The van der Waals surface area contributed by atoms with Crippen LogP contribution in [0.15, 0.2) is 17.1 Å². The molecule has 5 nitrogen and oxygen atoms in total. The molecule has 0 heterocycles.